The number of halogens is 1. The van der Waals surface area contributed by atoms with Crippen molar-refractivity contribution in [3.63, 3.8) is 0 Å². The van der Waals surface area contributed by atoms with E-state index in [9.17, 15) is 9.18 Å². The van der Waals surface area contributed by atoms with E-state index in [1.165, 1.54) is 18.2 Å². The van der Waals surface area contributed by atoms with Crippen LogP contribution in [0.2, 0.25) is 0 Å². The standard InChI is InChI=1S/C13H16FNOS/c1-13(6-2-3-7-13)15-12(16)10-8-9(17)4-5-11(10)14/h4-5,8,17H,2-3,6-7H2,1H3,(H,15,16). The van der Waals surface area contributed by atoms with Crippen molar-refractivity contribution >= 4 is 18.5 Å². The van der Waals surface area contributed by atoms with Crippen molar-refractivity contribution in [1.29, 1.82) is 0 Å². The number of amides is 1. The van der Waals surface area contributed by atoms with Gasteiger partial charge in [-0.1, -0.05) is 12.8 Å². The summed E-state index contributed by atoms with van der Waals surface area (Å²) in [5.41, 5.74) is -0.110. The summed E-state index contributed by atoms with van der Waals surface area (Å²) in [7, 11) is 0. The summed E-state index contributed by atoms with van der Waals surface area (Å²) in [6.07, 6.45) is 4.15. The van der Waals surface area contributed by atoms with Gasteiger partial charge < -0.3 is 5.32 Å². The summed E-state index contributed by atoms with van der Waals surface area (Å²) in [6, 6.07) is 4.27. The van der Waals surface area contributed by atoms with E-state index >= 15 is 0 Å². The second kappa shape index (κ2) is 4.69. The Kier molecular flexibility index (Phi) is 3.43. The van der Waals surface area contributed by atoms with Gasteiger partial charge in [-0.2, -0.15) is 0 Å². The molecule has 1 aromatic carbocycles. The quantitative estimate of drug-likeness (QED) is 0.779. The lowest BCUT2D eigenvalue weighted by atomic mass is 10.00. The van der Waals surface area contributed by atoms with E-state index in [1.54, 1.807) is 0 Å². The van der Waals surface area contributed by atoms with Crippen molar-refractivity contribution in [2.75, 3.05) is 0 Å². The van der Waals surface area contributed by atoms with Gasteiger partial charge in [-0.05, 0) is 38.0 Å². The van der Waals surface area contributed by atoms with Gasteiger partial charge >= 0.3 is 0 Å². The Balaban J connectivity index is 2.17. The third-order valence-corrected chi connectivity index (χ3v) is 3.60. The highest BCUT2D eigenvalue weighted by molar-refractivity contribution is 7.80. The number of rotatable bonds is 2. The van der Waals surface area contributed by atoms with Crippen LogP contribution in [0.25, 0.3) is 0 Å². The number of benzene rings is 1. The molecule has 2 rings (SSSR count). The van der Waals surface area contributed by atoms with Crippen LogP contribution in [0.3, 0.4) is 0 Å². The van der Waals surface area contributed by atoms with Gasteiger partial charge in [0.05, 0.1) is 5.56 Å². The van der Waals surface area contributed by atoms with Crippen LogP contribution in [0.1, 0.15) is 43.0 Å². The molecule has 0 unspecified atom stereocenters. The molecule has 0 heterocycles. The fourth-order valence-electron chi connectivity index (χ4n) is 2.31. The first kappa shape index (κ1) is 12.4. The molecule has 1 fully saturated rings. The van der Waals surface area contributed by atoms with Crippen molar-refractivity contribution in [3.8, 4) is 0 Å². The normalized spacial score (nSPS) is 18.1. The van der Waals surface area contributed by atoms with E-state index in [4.69, 9.17) is 0 Å². The molecule has 1 aliphatic carbocycles. The lowest BCUT2D eigenvalue weighted by Gasteiger charge is -2.25. The molecular weight excluding hydrogens is 237 g/mol. The summed E-state index contributed by atoms with van der Waals surface area (Å²) < 4.78 is 13.5. The fraction of sp³-hybridized carbons (Fsp3) is 0.462. The van der Waals surface area contributed by atoms with Gasteiger partial charge in [0.1, 0.15) is 5.82 Å². The Morgan fingerprint density at radius 2 is 2.06 bits per heavy atom. The summed E-state index contributed by atoms with van der Waals surface area (Å²) >= 11 is 4.12. The lowest BCUT2D eigenvalue weighted by molar-refractivity contribution is 0.0903. The molecular formula is C13H16FNOS. The predicted molar refractivity (Wildman–Crippen MR) is 68.0 cm³/mol. The van der Waals surface area contributed by atoms with Crippen LogP contribution in [0, 0.1) is 5.82 Å². The average Bonchev–Trinajstić information content (AvgIpc) is 2.68. The number of hydrogen-bond donors (Lipinski definition) is 2. The van der Waals surface area contributed by atoms with E-state index in [-0.39, 0.29) is 17.0 Å². The monoisotopic (exact) mass is 253 g/mol. The molecule has 17 heavy (non-hydrogen) atoms. The molecule has 1 aliphatic rings. The van der Waals surface area contributed by atoms with Crippen LogP contribution < -0.4 is 5.32 Å². The van der Waals surface area contributed by atoms with Gasteiger partial charge in [-0.3, -0.25) is 4.79 Å². The molecule has 0 aromatic heterocycles. The van der Waals surface area contributed by atoms with Crippen LogP contribution in [0.15, 0.2) is 23.1 Å². The maximum absolute atomic E-state index is 13.5. The topological polar surface area (TPSA) is 29.1 Å². The smallest absolute Gasteiger partial charge is 0.254 e. The zero-order valence-electron chi connectivity index (χ0n) is 9.79. The van der Waals surface area contributed by atoms with Crippen molar-refractivity contribution < 1.29 is 9.18 Å². The number of hydrogen-bond acceptors (Lipinski definition) is 2. The predicted octanol–water partition coefficient (Wildman–Crippen LogP) is 3.18. The maximum Gasteiger partial charge on any atom is 0.254 e. The number of nitrogens with one attached hydrogen (secondary N) is 1. The maximum atomic E-state index is 13.5. The van der Waals surface area contributed by atoms with Gasteiger partial charge in [0.25, 0.3) is 5.91 Å². The Hall–Kier alpha value is -1.03. The third kappa shape index (κ3) is 2.80. The fourth-order valence-corrected chi connectivity index (χ4v) is 2.51. The largest absolute Gasteiger partial charge is 0.347 e. The highest BCUT2D eigenvalue weighted by atomic mass is 32.1. The molecule has 1 amide bonds. The van der Waals surface area contributed by atoms with Crippen LogP contribution in [0.5, 0.6) is 0 Å². The minimum atomic E-state index is -0.498. The van der Waals surface area contributed by atoms with Crippen LogP contribution in [0.4, 0.5) is 4.39 Å². The van der Waals surface area contributed by atoms with E-state index in [2.05, 4.69) is 17.9 Å². The summed E-state index contributed by atoms with van der Waals surface area (Å²) in [5, 5.41) is 2.93. The molecule has 0 spiro atoms. The third-order valence-electron chi connectivity index (χ3n) is 3.32. The first-order valence-electron chi connectivity index (χ1n) is 5.81. The Bertz CT molecular complexity index is 441. The molecule has 2 nitrogen and oxygen atoms in total. The second-order valence-electron chi connectivity index (χ2n) is 4.89. The van der Waals surface area contributed by atoms with Crippen LogP contribution in [-0.4, -0.2) is 11.4 Å². The van der Waals surface area contributed by atoms with Crippen LogP contribution in [-0.2, 0) is 0 Å². The van der Waals surface area contributed by atoms with Crippen molar-refractivity contribution in [2.45, 2.75) is 43.0 Å². The molecule has 0 atom stereocenters. The van der Waals surface area contributed by atoms with E-state index in [0.29, 0.717) is 4.90 Å². The van der Waals surface area contributed by atoms with Crippen molar-refractivity contribution in [1.82, 2.24) is 5.32 Å². The first-order valence-corrected chi connectivity index (χ1v) is 6.26. The summed E-state index contributed by atoms with van der Waals surface area (Å²) in [4.78, 5) is 12.6. The molecule has 1 N–H and O–H groups in total. The molecule has 4 heteroatoms. The minimum Gasteiger partial charge on any atom is -0.347 e. The zero-order valence-corrected chi connectivity index (χ0v) is 10.7. The van der Waals surface area contributed by atoms with E-state index < -0.39 is 5.82 Å². The molecule has 92 valence electrons. The number of carbonyl (C=O) groups is 1. The van der Waals surface area contributed by atoms with E-state index in [1.807, 2.05) is 6.92 Å². The summed E-state index contributed by atoms with van der Waals surface area (Å²) in [6.45, 7) is 2.01. The first-order chi connectivity index (χ1) is 8.00. The van der Waals surface area contributed by atoms with Gasteiger partial charge in [0.15, 0.2) is 0 Å². The van der Waals surface area contributed by atoms with Gasteiger partial charge in [-0.15, -0.1) is 12.6 Å². The van der Waals surface area contributed by atoms with Gasteiger partial charge in [0.2, 0.25) is 0 Å². The molecule has 1 aromatic rings. The number of thiol groups is 1. The molecule has 0 radical (unpaired) electrons. The molecule has 0 bridgehead atoms. The Morgan fingerprint density at radius 1 is 1.41 bits per heavy atom. The molecule has 0 saturated heterocycles. The van der Waals surface area contributed by atoms with E-state index in [0.717, 1.165) is 25.7 Å². The Morgan fingerprint density at radius 3 is 2.71 bits per heavy atom. The van der Waals surface area contributed by atoms with Gasteiger partial charge in [0, 0.05) is 10.4 Å². The average molecular weight is 253 g/mol. The van der Waals surface area contributed by atoms with Crippen molar-refractivity contribution in [2.24, 2.45) is 0 Å². The number of carbonyl (C=O) groups excluding carboxylic acids is 1. The SMILES string of the molecule is CC1(NC(=O)c2cc(S)ccc2F)CCCC1. The summed E-state index contributed by atoms with van der Waals surface area (Å²) in [5.74, 6) is -0.843. The Labute approximate surface area is 106 Å². The van der Waals surface area contributed by atoms with Crippen LogP contribution >= 0.6 is 12.6 Å². The second-order valence-corrected chi connectivity index (χ2v) is 5.40. The molecule has 0 aliphatic heterocycles. The van der Waals surface area contributed by atoms with Gasteiger partial charge in [-0.25, -0.2) is 4.39 Å². The molecule has 1 saturated carbocycles. The van der Waals surface area contributed by atoms with Crippen molar-refractivity contribution in [3.05, 3.63) is 29.6 Å². The highest BCUT2D eigenvalue weighted by Crippen LogP contribution is 2.29. The lowest BCUT2D eigenvalue weighted by Crippen LogP contribution is -2.43. The zero-order chi connectivity index (χ0) is 12.5. The highest BCUT2D eigenvalue weighted by Gasteiger charge is 2.31. The minimum absolute atomic E-state index is 0.0747.